The summed E-state index contributed by atoms with van der Waals surface area (Å²) < 4.78 is 18.9. The molecule has 0 radical (unpaired) electrons. The van der Waals surface area contributed by atoms with Gasteiger partial charge in [0, 0.05) is 13.1 Å². The number of carbonyl (C=O) groups is 2. The Labute approximate surface area is 129 Å². The molecule has 22 heavy (non-hydrogen) atoms. The van der Waals surface area contributed by atoms with Gasteiger partial charge in [0.25, 0.3) is 5.91 Å². The van der Waals surface area contributed by atoms with Gasteiger partial charge in [-0.1, -0.05) is 25.5 Å². The van der Waals surface area contributed by atoms with E-state index in [9.17, 15) is 14.0 Å². The fourth-order valence-corrected chi connectivity index (χ4v) is 1.67. The molecule has 6 heteroatoms. The molecule has 0 unspecified atom stereocenters. The summed E-state index contributed by atoms with van der Waals surface area (Å²) in [6.07, 6.45) is 4.23. The van der Waals surface area contributed by atoms with Gasteiger partial charge < -0.3 is 4.74 Å². The number of hydroxylamine groups is 2. The van der Waals surface area contributed by atoms with Gasteiger partial charge in [-0.2, -0.15) is 0 Å². The van der Waals surface area contributed by atoms with Gasteiger partial charge in [0.05, 0.1) is 19.3 Å². The topological polar surface area (TPSA) is 55.8 Å². The molecule has 1 rings (SSSR count). The largest absolute Gasteiger partial charge is 0.463 e. The number of hydrogen-bond acceptors (Lipinski definition) is 4. The van der Waals surface area contributed by atoms with E-state index in [4.69, 9.17) is 9.57 Å². The first-order valence-corrected chi connectivity index (χ1v) is 6.96. The number of carbonyl (C=O) groups excluding carboxylic acids is 2. The van der Waals surface area contributed by atoms with Crippen LogP contribution in [-0.4, -0.2) is 37.7 Å². The summed E-state index contributed by atoms with van der Waals surface area (Å²) in [7, 11) is 2.68. The molecule has 0 aromatic heterocycles. The van der Waals surface area contributed by atoms with Crippen LogP contribution in [-0.2, 0) is 14.4 Å². The Morgan fingerprint density at radius 3 is 2.73 bits per heavy atom. The predicted octanol–water partition coefficient (Wildman–Crippen LogP) is 2.82. The highest BCUT2D eigenvalue weighted by Gasteiger charge is 2.19. The van der Waals surface area contributed by atoms with Gasteiger partial charge in [-0.15, -0.1) is 0 Å². The monoisotopic (exact) mass is 309 g/mol. The number of amides is 1. The van der Waals surface area contributed by atoms with Gasteiger partial charge in [-0.25, -0.2) is 14.2 Å². The molecule has 1 amide bonds. The Bertz CT molecular complexity index is 557. The Morgan fingerprint density at radius 2 is 2.09 bits per heavy atom. The number of rotatable bonds is 7. The molecule has 0 aliphatic heterocycles. The van der Waals surface area contributed by atoms with Gasteiger partial charge in [0.2, 0.25) is 0 Å². The van der Waals surface area contributed by atoms with E-state index in [1.807, 2.05) is 6.92 Å². The molecule has 0 aliphatic rings. The lowest BCUT2D eigenvalue weighted by Crippen LogP contribution is -2.27. The minimum absolute atomic E-state index is 0.163. The molecule has 0 N–H and O–H groups in total. The van der Waals surface area contributed by atoms with Crippen LogP contribution in [0.25, 0.3) is 6.08 Å². The number of esters is 1. The van der Waals surface area contributed by atoms with Crippen molar-refractivity contribution >= 4 is 18.0 Å². The van der Waals surface area contributed by atoms with Crippen molar-refractivity contribution in [1.29, 1.82) is 0 Å². The molecule has 0 heterocycles. The second kappa shape index (κ2) is 8.94. The number of benzene rings is 1. The predicted molar refractivity (Wildman–Crippen MR) is 80.4 cm³/mol. The van der Waals surface area contributed by atoms with Crippen molar-refractivity contribution in [1.82, 2.24) is 5.06 Å². The molecule has 0 aliphatic carbocycles. The molecule has 1 aromatic rings. The van der Waals surface area contributed by atoms with E-state index in [-0.39, 0.29) is 11.1 Å². The van der Waals surface area contributed by atoms with E-state index in [1.165, 1.54) is 44.5 Å². The van der Waals surface area contributed by atoms with Gasteiger partial charge >= 0.3 is 5.97 Å². The molecule has 0 spiro atoms. The van der Waals surface area contributed by atoms with Crippen LogP contribution in [0.15, 0.2) is 24.3 Å². The minimum atomic E-state index is -0.685. The van der Waals surface area contributed by atoms with Crippen molar-refractivity contribution < 1.29 is 23.6 Å². The standard InChI is InChI=1S/C16H20FNO4/c1-4-5-11-22-14(19)10-9-12-7-6-8-13(17)15(12)16(20)18(2)21-3/h6-10H,4-5,11H2,1-3H3/b10-9+. The van der Waals surface area contributed by atoms with Crippen molar-refractivity contribution in [3.63, 3.8) is 0 Å². The summed E-state index contributed by atoms with van der Waals surface area (Å²) in [6.45, 7) is 2.32. The average Bonchev–Trinajstić information content (AvgIpc) is 2.51. The van der Waals surface area contributed by atoms with Gasteiger partial charge in [0.15, 0.2) is 0 Å². The highest BCUT2D eigenvalue weighted by molar-refractivity contribution is 5.98. The third-order valence-corrected chi connectivity index (χ3v) is 2.96. The maximum atomic E-state index is 13.9. The van der Waals surface area contributed by atoms with E-state index in [1.54, 1.807) is 0 Å². The van der Waals surface area contributed by atoms with E-state index in [0.29, 0.717) is 6.61 Å². The molecule has 0 atom stereocenters. The summed E-state index contributed by atoms with van der Waals surface area (Å²) in [5.41, 5.74) is 0.116. The van der Waals surface area contributed by atoms with Crippen LogP contribution in [0.5, 0.6) is 0 Å². The first kappa shape index (κ1) is 17.8. The SMILES string of the molecule is CCCCOC(=O)/C=C/c1cccc(F)c1C(=O)N(C)OC. The van der Waals surface area contributed by atoms with Crippen LogP contribution in [0.4, 0.5) is 4.39 Å². The van der Waals surface area contributed by atoms with Crippen LogP contribution in [0.2, 0.25) is 0 Å². The summed E-state index contributed by atoms with van der Waals surface area (Å²) in [4.78, 5) is 28.4. The van der Waals surface area contributed by atoms with Gasteiger partial charge in [0.1, 0.15) is 5.82 Å². The second-order valence-corrected chi connectivity index (χ2v) is 4.54. The van der Waals surface area contributed by atoms with Gasteiger partial charge in [-0.3, -0.25) is 9.63 Å². The fraction of sp³-hybridized carbons (Fsp3) is 0.375. The quantitative estimate of drug-likeness (QED) is 0.336. The number of ether oxygens (including phenoxy) is 1. The van der Waals surface area contributed by atoms with Crippen molar-refractivity contribution in [2.24, 2.45) is 0 Å². The highest BCUT2D eigenvalue weighted by atomic mass is 19.1. The Hall–Kier alpha value is -2.21. The highest BCUT2D eigenvalue weighted by Crippen LogP contribution is 2.17. The third kappa shape index (κ3) is 4.96. The minimum Gasteiger partial charge on any atom is -0.463 e. The van der Waals surface area contributed by atoms with Crippen molar-refractivity contribution in [2.45, 2.75) is 19.8 Å². The maximum Gasteiger partial charge on any atom is 0.330 e. The van der Waals surface area contributed by atoms with Gasteiger partial charge in [-0.05, 0) is 24.1 Å². The molecule has 0 saturated heterocycles. The summed E-state index contributed by atoms with van der Waals surface area (Å²) >= 11 is 0. The van der Waals surface area contributed by atoms with Crippen LogP contribution in [0.3, 0.4) is 0 Å². The number of hydrogen-bond donors (Lipinski definition) is 0. The fourth-order valence-electron chi connectivity index (χ4n) is 1.67. The van der Waals surface area contributed by atoms with E-state index in [0.717, 1.165) is 17.9 Å². The molecule has 0 fully saturated rings. The summed E-state index contributed by atoms with van der Waals surface area (Å²) in [5.74, 6) is -1.86. The number of unbranched alkanes of at least 4 members (excludes halogenated alkanes) is 1. The lowest BCUT2D eigenvalue weighted by molar-refractivity contribution is -0.137. The van der Waals surface area contributed by atoms with Crippen LogP contribution >= 0.6 is 0 Å². The van der Waals surface area contributed by atoms with E-state index in [2.05, 4.69) is 0 Å². The van der Waals surface area contributed by atoms with Crippen molar-refractivity contribution in [3.05, 3.63) is 41.2 Å². The average molecular weight is 309 g/mol. The lowest BCUT2D eigenvalue weighted by atomic mass is 10.1. The smallest absolute Gasteiger partial charge is 0.330 e. The normalized spacial score (nSPS) is 10.7. The van der Waals surface area contributed by atoms with Crippen LogP contribution in [0.1, 0.15) is 35.7 Å². The Morgan fingerprint density at radius 1 is 1.36 bits per heavy atom. The van der Waals surface area contributed by atoms with Crippen molar-refractivity contribution in [2.75, 3.05) is 20.8 Å². The summed E-state index contributed by atoms with van der Waals surface area (Å²) in [5, 5.41) is 0.912. The van der Waals surface area contributed by atoms with Crippen LogP contribution in [0, 0.1) is 5.82 Å². The molecule has 120 valence electrons. The van der Waals surface area contributed by atoms with E-state index >= 15 is 0 Å². The molecule has 0 saturated carbocycles. The zero-order valence-electron chi connectivity index (χ0n) is 13.0. The molecule has 5 nitrogen and oxygen atoms in total. The molecular formula is C16H20FNO4. The maximum absolute atomic E-state index is 13.9. The lowest BCUT2D eigenvalue weighted by Gasteiger charge is -2.15. The molecule has 0 bridgehead atoms. The summed E-state index contributed by atoms with van der Waals surface area (Å²) in [6, 6.07) is 4.17. The molecule has 1 aromatic carbocycles. The zero-order chi connectivity index (χ0) is 16.5. The second-order valence-electron chi connectivity index (χ2n) is 4.54. The van der Waals surface area contributed by atoms with Crippen LogP contribution < -0.4 is 0 Å². The zero-order valence-corrected chi connectivity index (χ0v) is 13.0. The number of halogens is 1. The Balaban J connectivity index is 2.93. The first-order chi connectivity index (χ1) is 10.5. The molecular weight excluding hydrogens is 289 g/mol. The first-order valence-electron chi connectivity index (χ1n) is 6.96. The third-order valence-electron chi connectivity index (χ3n) is 2.96. The van der Waals surface area contributed by atoms with Crippen molar-refractivity contribution in [3.8, 4) is 0 Å². The van der Waals surface area contributed by atoms with E-state index < -0.39 is 17.7 Å². The number of nitrogens with zero attached hydrogens (tertiary/aromatic N) is 1. The Kier molecular flexibility index (Phi) is 7.25.